The minimum absolute atomic E-state index is 0.338. The molecule has 0 aliphatic heterocycles. The van der Waals surface area contributed by atoms with Crippen LogP contribution in [-0.4, -0.2) is 27.2 Å². The minimum Gasteiger partial charge on any atom is -0.493 e. The summed E-state index contributed by atoms with van der Waals surface area (Å²) in [5.41, 5.74) is 0.484. The molecule has 0 fully saturated rings. The molecule has 3 aromatic rings. The molecule has 0 bridgehead atoms. The molecule has 0 saturated carbocycles. The molecule has 130 valence electrons. The lowest BCUT2D eigenvalue weighted by Gasteiger charge is -2.14. The number of thiophene rings is 1. The number of anilines is 1. The monoisotopic (exact) mass is 361 g/mol. The van der Waals surface area contributed by atoms with E-state index in [0.717, 1.165) is 4.70 Å². The highest BCUT2D eigenvalue weighted by Crippen LogP contribution is 2.40. The molecular weight excluding hydrogens is 345 g/mol. The van der Waals surface area contributed by atoms with Gasteiger partial charge in [0.05, 0.1) is 26.2 Å². The van der Waals surface area contributed by atoms with Gasteiger partial charge in [0.1, 0.15) is 5.82 Å². The Morgan fingerprint density at radius 3 is 2.28 bits per heavy atom. The molecule has 0 atom stereocenters. The molecule has 5 nitrogen and oxygen atoms in total. The van der Waals surface area contributed by atoms with Crippen molar-refractivity contribution in [3.63, 3.8) is 0 Å². The number of amides is 1. The molecule has 2 aromatic carbocycles. The first-order valence-corrected chi connectivity index (χ1v) is 8.18. The summed E-state index contributed by atoms with van der Waals surface area (Å²) >= 11 is 1.23. The number of benzene rings is 2. The Morgan fingerprint density at radius 2 is 1.72 bits per heavy atom. The molecule has 0 aliphatic carbocycles. The van der Waals surface area contributed by atoms with E-state index in [2.05, 4.69) is 5.32 Å². The lowest BCUT2D eigenvalue weighted by atomic mass is 10.2. The van der Waals surface area contributed by atoms with E-state index in [1.54, 1.807) is 30.3 Å². The maximum atomic E-state index is 13.8. The highest BCUT2D eigenvalue weighted by molar-refractivity contribution is 7.20. The third kappa shape index (κ3) is 3.23. The molecule has 0 radical (unpaired) electrons. The number of rotatable bonds is 5. The highest BCUT2D eigenvalue weighted by Gasteiger charge is 2.17. The zero-order chi connectivity index (χ0) is 18.0. The summed E-state index contributed by atoms with van der Waals surface area (Å²) in [7, 11) is 4.50. The zero-order valence-electron chi connectivity index (χ0n) is 13.9. The average Bonchev–Trinajstić information content (AvgIpc) is 3.06. The lowest BCUT2D eigenvalue weighted by Crippen LogP contribution is -2.10. The first kappa shape index (κ1) is 17.0. The van der Waals surface area contributed by atoms with Gasteiger partial charge in [-0.2, -0.15) is 0 Å². The molecule has 1 aromatic heterocycles. The molecule has 3 rings (SSSR count). The Labute approximate surface area is 147 Å². The quantitative estimate of drug-likeness (QED) is 0.735. The fourth-order valence-electron chi connectivity index (χ4n) is 2.48. The second-order valence-corrected chi connectivity index (χ2v) is 6.21. The van der Waals surface area contributed by atoms with Crippen LogP contribution in [0.3, 0.4) is 0 Å². The zero-order valence-corrected chi connectivity index (χ0v) is 14.7. The van der Waals surface area contributed by atoms with Gasteiger partial charge in [-0.05, 0) is 18.2 Å². The van der Waals surface area contributed by atoms with Gasteiger partial charge in [-0.15, -0.1) is 11.3 Å². The van der Waals surface area contributed by atoms with Gasteiger partial charge in [-0.25, -0.2) is 4.39 Å². The molecule has 0 aliphatic rings. The van der Waals surface area contributed by atoms with Crippen LogP contribution in [0.1, 0.15) is 9.67 Å². The van der Waals surface area contributed by atoms with Gasteiger partial charge in [0, 0.05) is 27.9 Å². The summed E-state index contributed by atoms with van der Waals surface area (Å²) in [6, 6.07) is 9.58. The number of nitrogens with one attached hydrogen (secondary N) is 1. The number of halogens is 1. The molecule has 0 saturated heterocycles. The second-order valence-electron chi connectivity index (χ2n) is 5.13. The van der Waals surface area contributed by atoms with Crippen molar-refractivity contribution in [3.05, 3.63) is 47.1 Å². The molecule has 7 heteroatoms. The molecule has 1 N–H and O–H groups in total. The molecule has 0 unspecified atom stereocenters. The van der Waals surface area contributed by atoms with Gasteiger partial charge in [-0.1, -0.05) is 6.07 Å². The van der Waals surface area contributed by atoms with Gasteiger partial charge in [0.15, 0.2) is 11.5 Å². The molecular formula is C18H16FNO4S. The summed E-state index contributed by atoms with van der Waals surface area (Å²) in [4.78, 5) is 12.9. The van der Waals surface area contributed by atoms with Crippen LogP contribution < -0.4 is 19.5 Å². The van der Waals surface area contributed by atoms with E-state index in [1.165, 1.54) is 38.7 Å². The maximum Gasteiger partial charge on any atom is 0.265 e. The van der Waals surface area contributed by atoms with Gasteiger partial charge >= 0.3 is 0 Å². The Kier molecular flexibility index (Phi) is 4.76. The summed E-state index contributed by atoms with van der Waals surface area (Å²) in [6.07, 6.45) is 0. The summed E-state index contributed by atoms with van der Waals surface area (Å²) in [6.45, 7) is 0. The molecule has 1 amide bonds. The van der Waals surface area contributed by atoms with Crippen LogP contribution in [0.2, 0.25) is 0 Å². The first-order chi connectivity index (χ1) is 12.1. The van der Waals surface area contributed by atoms with Crippen LogP contribution in [0.15, 0.2) is 36.4 Å². The number of hydrogen-bond acceptors (Lipinski definition) is 5. The van der Waals surface area contributed by atoms with Crippen molar-refractivity contribution < 1.29 is 23.4 Å². The van der Waals surface area contributed by atoms with Crippen molar-refractivity contribution >= 4 is 33.0 Å². The number of methoxy groups -OCH3 is 3. The Bertz CT molecular complexity index is 913. The maximum absolute atomic E-state index is 13.8. The van der Waals surface area contributed by atoms with Crippen molar-refractivity contribution in [1.82, 2.24) is 0 Å². The van der Waals surface area contributed by atoms with E-state index < -0.39 is 0 Å². The number of carbonyl (C=O) groups excluding carboxylic acids is 1. The lowest BCUT2D eigenvalue weighted by molar-refractivity contribution is 0.103. The normalized spacial score (nSPS) is 10.6. The van der Waals surface area contributed by atoms with Crippen LogP contribution in [-0.2, 0) is 0 Å². The van der Waals surface area contributed by atoms with Crippen LogP contribution in [0, 0.1) is 5.82 Å². The third-order valence-electron chi connectivity index (χ3n) is 3.65. The van der Waals surface area contributed by atoms with Crippen molar-refractivity contribution in [2.45, 2.75) is 0 Å². The van der Waals surface area contributed by atoms with E-state index in [-0.39, 0.29) is 11.7 Å². The van der Waals surface area contributed by atoms with Gasteiger partial charge in [0.25, 0.3) is 5.91 Å². The number of ether oxygens (including phenoxy) is 3. The van der Waals surface area contributed by atoms with E-state index in [0.29, 0.717) is 33.2 Å². The van der Waals surface area contributed by atoms with Crippen LogP contribution in [0.5, 0.6) is 17.2 Å². The predicted octanol–water partition coefficient (Wildman–Crippen LogP) is 4.32. The van der Waals surface area contributed by atoms with Gasteiger partial charge in [-0.3, -0.25) is 4.79 Å². The van der Waals surface area contributed by atoms with Gasteiger partial charge < -0.3 is 19.5 Å². The van der Waals surface area contributed by atoms with Crippen molar-refractivity contribution in [1.29, 1.82) is 0 Å². The Hall–Kier alpha value is -2.80. The summed E-state index contributed by atoms with van der Waals surface area (Å²) < 4.78 is 30.3. The summed E-state index contributed by atoms with van der Waals surface area (Å²) in [5.74, 6) is 0.612. The molecule has 0 spiro atoms. The van der Waals surface area contributed by atoms with Crippen molar-refractivity contribution in [2.24, 2.45) is 0 Å². The SMILES string of the molecule is COc1cc(NC(=O)c2cc3c(F)cccc3s2)cc(OC)c1OC. The van der Waals surface area contributed by atoms with E-state index in [1.807, 2.05) is 0 Å². The predicted molar refractivity (Wildman–Crippen MR) is 95.8 cm³/mol. The van der Waals surface area contributed by atoms with E-state index >= 15 is 0 Å². The fourth-order valence-corrected chi connectivity index (χ4v) is 3.45. The topological polar surface area (TPSA) is 56.8 Å². The van der Waals surface area contributed by atoms with E-state index in [4.69, 9.17) is 14.2 Å². The van der Waals surface area contributed by atoms with Crippen LogP contribution >= 0.6 is 11.3 Å². The van der Waals surface area contributed by atoms with E-state index in [9.17, 15) is 9.18 Å². The molecule has 25 heavy (non-hydrogen) atoms. The third-order valence-corrected chi connectivity index (χ3v) is 4.75. The summed E-state index contributed by atoms with van der Waals surface area (Å²) in [5, 5.41) is 3.21. The highest BCUT2D eigenvalue weighted by atomic mass is 32.1. The van der Waals surface area contributed by atoms with Crippen molar-refractivity contribution in [3.8, 4) is 17.2 Å². The largest absolute Gasteiger partial charge is 0.493 e. The van der Waals surface area contributed by atoms with Crippen molar-refractivity contribution in [2.75, 3.05) is 26.6 Å². The van der Waals surface area contributed by atoms with Crippen LogP contribution in [0.25, 0.3) is 10.1 Å². The Morgan fingerprint density at radius 1 is 1.04 bits per heavy atom. The minimum atomic E-state index is -0.347. The smallest absolute Gasteiger partial charge is 0.265 e. The standard InChI is InChI=1S/C18H16FNO4S/c1-22-13-7-10(8-14(23-2)17(13)24-3)20-18(21)16-9-11-12(19)5-4-6-15(11)25-16/h4-9H,1-3H3,(H,20,21). The molecule has 1 heterocycles. The number of fused-ring (bicyclic) bond motifs is 1. The van der Waals surface area contributed by atoms with Gasteiger partial charge in [0.2, 0.25) is 5.75 Å². The fraction of sp³-hybridized carbons (Fsp3) is 0.167. The average molecular weight is 361 g/mol. The Balaban J connectivity index is 1.93. The van der Waals surface area contributed by atoms with Crippen LogP contribution in [0.4, 0.5) is 10.1 Å². The number of carbonyl (C=O) groups is 1. The number of hydrogen-bond donors (Lipinski definition) is 1. The first-order valence-electron chi connectivity index (χ1n) is 7.36. The second kappa shape index (κ2) is 6.98.